The lowest BCUT2D eigenvalue weighted by molar-refractivity contribution is -0.137. The van der Waals surface area contributed by atoms with Crippen molar-refractivity contribution in [2.45, 2.75) is 38.5 Å². The summed E-state index contributed by atoms with van der Waals surface area (Å²) in [6.45, 7) is 2.09. The van der Waals surface area contributed by atoms with Crippen molar-refractivity contribution in [2.75, 3.05) is 6.61 Å². The molecule has 0 heterocycles. The Morgan fingerprint density at radius 1 is 1.18 bits per heavy atom. The fraction of sp³-hybridized carbons (Fsp3) is 0.471. The van der Waals surface area contributed by atoms with Gasteiger partial charge in [0.05, 0.1) is 6.61 Å². The average molecular weight is 312 g/mol. The van der Waals surface area contributed by atoms with E-state index in [1.165, 1.54) is 6.08 Å². The molecule has 1 fully saturated rings. The fourth-order valence-corrected chi connectivity index (χ4v) is 2.86. The van der Waals surface area contributed by atoms with Crippen LogP contribution in [0, 0.1) is 23.4 Å². The van der Waals surface area contributed by atoms with Crippen LogP contribution < -0.4 is 0 Å². The number of carbonyl (C=O) groups is 1. The van der Waals surface area contributed by atoms with E-state index in [-0.39, 0.29) is 17.8 Å². The summed E-state index contributed by atoms with van der Waals surface area (Å²) in [6, 6.07) is 2.16. The zero-order chi connectivity index (χ0) is 16.1. The molecule has 0 aromatic heterocycles. The molecule has 2 nitrogen and oxygen atoms in total. The minimum atomic E-state index is -1.42. The molecular formula is C17H19F3O2. The highest BCUT2D eigenvalue weighted by Gasteiger charge is 2.23. The second-order valence-corrected chi connectivity index (χ2v) is 5.52. The van der Waals surface area contributed by atoms with Crippen molar-refractivity contribution >= 4 is 5.97 Å². The van der Waals surface area contributed by atoms with Gasteiger partial charge in [-0.1, -0.05) is 6.08 Å². The number of rotatable bonds is 4. The number of hydrogen-bond acceptors (Lipinski definition) is 2. The summed E-state index contributed by atoms with van der Waals surface area (Å²) in [7, 11) is 0. The average Bonchev–Trinajstić information content (AvgIpc) is 2.51. The van der Waals surface area contributed by atoms with Crippen LogP contribution in [0.1, 0.15) is 44.1 Å². The van der Waals surface area contributed by atoms with Crippen LogP contribution in [-0.2, 0) is 9.53 Å². The molecule has 5 heteroatoms. The molecule has 0 aliphatic heterocycles. The lowest BCUT2D eigenvalue weighted by Crippen LogP contribution is -2.13. The summed E-state index contributed by atoms with van der Waals surface area (Å²) in [5, 5.41) is 0. The summed E-state index contributed by atoms with van der Waals surface area (Å²) in [5.74, 6) is -3.77. The second-order valence-electron chi connectivity index (χ2n) is 5.52. The van der Waals surface area contributed by atoms with Crippen LogP contribution in [0.25, 0.3) is 0 Å². The second kappa shape index (κ2) is 7.47. The summed E-state index contributed by atoms with van der Waals surface area (Å²) < 4.78 is 44.3. The lowest BCUT2D eigenvalue weighted by Gasteiger charge is -2.27. The third-order valence-corrected chi connectivity index (χ3v) is 4.04. The van der Waals surface area contributed by atoms with Gasteiger partial charge < -0.3 is 4.74 Å². The first-order chi connectivity index (χ1) is 10.5. The minimum Gasteiger partial charge on any atom is -0.463 e. The summed E-state index contributed by atoms with van der Waals surface area (Å²) in [5.41, 5.74) is 0.504. The van der Waals surface area contributed by atoms with E-state index in [0.29, 0.717) is 12.2 Å². The van der Waals surface area contributed by atoms with Gasteiger partial charge in [0, 0.05) is 6.08 Å². The molecule has 1 aliphatic carbocycles. The first-order valence-corrected chi connectivity index (χ1v) is 7.50. The van der Waals surface area contributed by atoms with Gasteiger partial charge in [-0.25, -0.2) is 18.0 Å². The number of esters is 1. The van der Waals surface area contributed by atoms with E-state index in [1.807, 2.05) is 6.08 Å². The highest BCUT2D eigenvalue weighted by molar-refractivity contribution is 5.81. The molecule has 0 atom stereocenters. The number of hydrogen-bond donors (Lipinski definition) is 0. The number of carbonyl (C=O) groups excluding carboxylic acids is 1. The van der Waals surface area contributed by atoms with E-state index in [0.717, 1.165) is 37.8 Å². The molecule has 0 saturated heterocycles. The van der Waals surface area contributed by atoms with Gasteiger partial charge in [-0.2, -0.15) is 0 Å². The first kappa shape index (κ1) is 16.6. The molecule has 1 aliphatic rings. The van der Waals surface area contributed by atoms with E-state index in [4.69, 9.17) is 4.74 Å². The Hall–Kier alpha value is -1.78. The van der Waals surface area contributed by atoms with Crippen LogP contribution in [0.5, 0.6) is 0 Å². The zero-order valence-electron chi connectivity index (χ0n) is 12.5. The zero-order valence-corrected chi connectivity index (χ0v) is 12.5. The van der Waals surface area contributed by atoms with Crippen molar-refractivity contribution in [3.63, 3.8) is 0 Å². The number of benzene rings is 1. The van der Waals surface area contributed by atoms with Crippen LogP contribution in [0.4, 0.5) is 13.2 Å². The van der Waals surface area contributed by atoms with E-state index >= 15 is 0 Å². The Labute approximate surface area is 128 Å². The number of allylic oxidation sites excluding steroid dienone is 1. The fourth-order valence-electron chi connectivity index (χ4n) is 2.86. The molecule has 1 aromatic rings. The maximum absolute atomic E-state index is 13.3. The molecule has 0 unspecified atom stereocenters. The predicted molar refractivity (Wildman–Crippen MR) is 76.8 cm³/mol. The number of ether oxygens (including phenoxy) is 1. The molecule has 0 bridgehead atoms. The minimum absolute atomic E-state index is 0.0249. The van der Waals surface area contributed by atoms with E-state index in [1.54, 1.807) is 6.92 Å². The lowest BCUT2D eigenvalue weighted by atomic mass is 9.78. The van der Waals surface area contributed by atoms with Gasteiger partial charge in [-0.3, -0.25) is 0 Å². The maximum Gasteiger partial charge on any atom is 0.330 e. The molecular weight excluding hydrogens is 293 g/mol. The van der Waals surface area contributed by atoms with Gasteiger partial charge in [-0.15, -0.1) is 0 Å². The van der Waals surface area contributed by atoms with Crippen molar-refractivity contribution in [2.24, 2.45) is 5.92 Å². The first-order valence-electron chi connectivity index (χ1n) is 7.50. The highest BCUT2D eigenvalue weighted by Crippen LogP contribution is 2.37. The predicted octanol–water partition coefficient (Wildman–Crippen LogP) is 4.50. The molecule has 2 rings (SSSR count). The van der Waals surface area contributed by atoms with Gasteiger partial charge in [0.2, 0.25) is 0 Å². The third kappa shape index (κ3) is 4.12. The molecule has 0 radical (unpaired) electrons. The summed E-state index contributed by atoms with van der Waals surface area (Å²) in [4.78, 5) is 11.3. The maximum atomic E-state index is 13.3. The molecule has 0 N–H and O–H groups in total. The summed E-state index contributed by atoms with van der Waals surface area (Å²) >= 11 is 0. The molecule has 1 saturated carbocycles. The van der Waals surface area contributed by atoms with Gasteiger partial charge in [0.25, 0.3) is 0 Å². The van der Waals surface area contributed by atoms with Crippen LogP contribution >= 0.6 is 0 Å². The van der Waals surface area contributed by atoms with Crippen molar-refractivity contribution < 1.29 is 22.7 Å². The Kier molecular flexibility index (Phi) is 5.63. The van der Waals surface area contributed by atoms with E-state index in [2.05, 4.69) is 0 Å². The van der Waals surface area contributed by atoms with Crippen molar-refractivity contribution in [1.82, 2.24) is 0 Å². The monoisotopic (exact) mass is 312 g/mol. The van der Waals surface area contributed by atoms with Gasteiger partial charge >= 0.3 is 5.97 Å². The van der Waals surface area contributed by atoms with Gasteiger partial charge in [0.1, 0.15) is 0 Å². The molecule has 0 spiro atoms. The van der Waals surface area contributed by atoms with E-state index < -0.39 is 17.5 Å². The van der Waals surface area contributed by atoms with Crippen LogP contribution in [0.15, 0.2) is 24.3 Å². The number of halogens is 3. The smallest absolute Gasteiger partial charge is 0.330 e. The highest BCUT2D eigenvalue weighted by atomic mass is 19.2. The van der Waals surface area contributed by atoms with Crippen molar-refractivity contribution in [1.29, 1.82) is 0 Å². The Balaban J connectivity index is 1.93. The van der Waals surface area contributed by atoms with Crippen molar-refractivity contribution in [3.8, 4) is 0 Å². The Morgan fingerprint density at radius 3 is 2.32 bits per heavy atom. The van der Waals surface area contributed by atoms with Crippen LogP contribution in [0.2, 0.25) is 0 Å². The molecule has 120 valence electrons. The molecule has 22 heavy (non-hydrogen) atoms. The SMILES string of the molecule is CCOC(=O)/C=C/C1CCC(c2cc(F)c(F)c(F)c2)CC1. The Bertz CT molecular complexity index is 538. The standard InChI is InChI=1S/C17H19F3O2/c1-2-22-16(21)8-5-11-3-6-12(7-4-11)13-9-14(18)17(20)15(19)10-13/h5,8-12H,2-4,6-7H2,1H3/b8-5+. The largest absolute Gasteiger partial charge is 0.463 e. The topological polar surface area (TPSA) is 26.3 Å². The van der Waals surface area contributed by atoms with Gasteiger partial charge in [-0.05, 0) is 62.1 Å². The van der Waals surface area contributed by atoms with Crippen LogP contribution in [-0.4, -0.2) is 12.6 Å². The quantitative estimate of drug-likeness (QED) is 0.465. The van der Waals surface area contributed by atoms with E-state index in [9.17, 15) is 18.0 Å². The van der Waals surface area contributed by atoms with Crippen molar-refractivity contribution in [3.05, 3.63) is 47.3 Å². The molecule has 0 amide bonds. The normalized spacial score (nSPS) is 22.0. The Morgan fingerprint density at radius 2 is 1.77 bits per heavy atom. The molecule has 1 aromatic carbocycles. The third-order valence-electron chi connectivity index (χ3n) is 4.04. The van der Waals surface area contributed by atoms with Crippen LogP contribution in [0.3, 0.4) is 0 Å². The summed E-state index contributed by atoms with van der Waals surface area (Å²) in [6.07, 6.45) is 6.42. The van der Waals surface area contributed by atoms with Gasteiger partial charge in [0.15, 0.2) is 17.5 Å².